The molecule has 1 aromatic carbocycles. The van der Waals surface area contributed by atoms with E-state index in [1.807, 2.05) is 12.1 Å². The summed E-state index contributed by atoms with van der Waals surface area (Å²) in [6.45, 7) is 0. The lowest BCUT2D eigenvalue weighted by atomic mass is 9.83. The Morgan fingerprint density at radius 2 is 2.14 bits per heavy atom. The van der Waals surface area contributed by atoms with Crippen molar-refractivity contribution in [3.63, 3.8) is 0 Å². The molecule has 0 aliphatic heterocycles. The van der Waals surface area contributed by atoms with Crippen LogP contribution in [-0.2, 0) is 11.2 Å². The minimum absolute atomic E-state index is 0.288. The van der Waals surface area contributed by atoms with Gasteiger partial charge in [0, 0.05) is 17.0 Å². The molecule has 0 unspecified atom stereocenters. The van der Waals surface area contributed by atoms with E-state index in [2.05, 4.69) is 10.1 Å². The van der Waals surface area contributed by atoms with Crippen molar-refractivity contribution in [3.8, 4) is 11.4 Å². The van der Waals surface area contributed by atoms with E-state index in [4.69, 9.17) is 16.1 Å². The smallest absolute Gasteiger partial charge is 0.310 e. The van der Waals surface area contributed by atoms with Gasteiger partial charge in [0.05, 0.1) is 5.41 Å². The van der Waals surface area contributed by atoms with Crippen molar-refractivity contribution in [2.75, 3.05) is 0 Å². The Hall–Kier alpha value is -1.88. The third-order valence-electron chi connectivity index (χ3n) is 4.05. The number of hydrogen-bond acceptors (Lipinski definition) is 4. The molecular weight excluding hydrogens is 292 g/mol. The third kappa shape index (κ3) is 2.78. The number of rotatable bonds is 4. The molecular formula is C15H15ClN2O3. The monoisotopic (exact) mass is 306 g/mol. The number of aliphatic carboxylic acids is 1. The molecule has 0 spiro atoms. The first kappa shape index (κ1) is 14.1. The van der Waals surface area contributed by atoms with Crippen LogP contribution in [0.15, 0.2) is 28.8 Å². The second-order valence-electron chi connectivity index (χ2n) is 5.49. The van der Waals surface area contributed by atoms with E-state index < -0.39 is 11.4 Å². The Labute approximate surface area is 126 Å². The molecule has 110 valence electrons. The van der Waals surface area contributed by atoms with Gasteiger partial charge >= 0.3 is 5.97 Å². The summed E-state index contributed by atoms with van der Waals surface area (Å²) in [7, 11) is 0. The van der Waals surface area contributed by atoms with E-state index in [9.17, 15) is 9.90 Å². The molecule has 0 amide bonds. The van der Waals surface area contributed by atoms with Crippen LogP contribution in [0.3, 0.4) is 0 Å². The van der Waals surface area contributed by atoms with Crippen LogP contribution in [0.5, 0.6) is 0 Å². The van der Waals surface area contributed by atoms with Crippen LogP contribution in [0.4, 0.5) is 0 Å². The van der Waals surface area contributed by atoms with E-state index in [0.29, 0.717) is 29.6 Å². The highest BCUT2D eigenvalue weighted by Crippen LogP contribution is 2.41. The lowest BCUT2D eigenvalue weighted by Crippen LogP contribution is -2.30. The number of hydrogen-bond donors (Lipinski definition) is 1. The summed E-state index contributed by atoms with van der Waals surface area (Å²) in [6.07, 6.45) is 3.48. The molecule has 1 fully saturated rings. The highest BCUT2D eigenvalue weighted by Gasteiger charge is 2.42. The molecule has 5 nitrogen and oxygen atoms in total. The van der Waals surface area contributed by atoms with Crippen molar-refractivity contribution in [1.82, 2.24) is 10.1 Å². The summed E-state index contributed by atoms with van der Waals surface area (Å²) in [5.41, 5.74) is 0.00583. The number of halogens is 1. The second-order valence-corrected chi connectivity index (χ2v) is 5.93. The fraction of sp³-hybridized carbons (Fsp3) is 0.400. The largest absolute Gasteiger partial charge is 0.481 e. The van der Waals surface area contributed by atoms with Gasteiger partial charge in [-0.15, -0.1) is 0 Å². The van der Waals surface area contributed by atoms with Gasteiger partial charge in [-0.2, -0.15) is 4.98 Å². The van der Waals surface area contributed by atoms with E-state index in [1.54, 1.807) is 12.1 Å². The zero-order valence-electron chi connectivity index (χ0n) is 11.4. The predicted molar refractivity (Wildman–Crippen MR) is 77.0 cm³/mol. The quantitative estimate of drug-likeness (QED) is 0.934. The first-order chi connectivity index (χ1) is 10.1. The van der Waals surface area contributed by atoms with Gasteiger partial charge in [-0.05, 0) is 25.0 Å². The minimum atomic E-state index is -0.775. The normalized spacial score (nSPS) is 17.0. The second kappa shape index (κ2) is 5.48. The number of carboxylic acid groups (broad SMARTS) is 1. The van der Waals surface area contributed by atoms with Crippen molar-refractivity contribution < 1.29 is 14.4 Å². The third-order valence-corrected chi connectivity index (χ3v) is 4.29. The van der Waals surface area contributed by atoms with Crippen LogP contribution in [0, 0.1) is 5.41 Å². The van der Waals surface area contributed by atoms with Gasteiger partial charge in [-0.1, -0.05) is 41.7 Å². The van der Waals surface area contributed by atoms with E-state index >= 15 is 0 Å². The molecule has 0 atom stereocenters. The number of nitrogens with zero attached hydrogens (tertiary/aromatic N) is 2. The van der Waals surface area contributed by atoms with Crippen LogP contribution in [0.25, 0.3) is 11.4 Å². The van der Waals surface area contributed by atoms with Gasteiger partial charge in [0.25, 0.3) is 0 Å². The SMILES string of the molecule is O=C(O)C1(Cc2nc(-c3cccc(Cl)c3)no2)CCCC1. The maximum absolute atomic E-state index is 11.5. The number of carboxylic acids is 1. The number of carbonyl (C=O) groups is 1. The Kier molecular flexibility index (Phi) is 3.68. The molecule has 0 saturated heterocycles. The first-order valence-corrected chi connectivity index (χ1v) is 7.29. The van der Waals surface area contributed by atoms with Gasteiger partial charge in [0.15, 0.2) is 0 Å². The standard InChI is InChI=1S/C15H15ClN2O3/c16-11-5-3-4-10(8-11)13-17-12(21-18-13)9-15(14(19)20)6-1-2-7-15/h3-5,8H,1-2,6-7,9H2,(H,19,20). The van der Waals surface area contributed by atoms with Crippen molar-refractivity contribution in [1.29, 1.82) is 0 Å². The summed E-state index contributed by atoms with van der Waals surface area (Å²) in [5.74, 6) is 0.0304. The predicted octanol–water partition coefficient (Wildman–Crippen LogP) is 3.58. The summed E-state index contributed by atoms with van der Waals surface area (Å²) < 4.78 is 5.23. The molecule has 0 radical (unpaired) electrons. The van der Waals surface area contributed by atoms with Crippen LogP contribution in [0.1, 0.15) is 31.6 Å². The summed E-state index contributed by atoms with van der Waals surface area (Å²) in [6, 6.07) is 7.16. The fourth-order valence-corrected chi connectivity index (χ4v) is 3.07. The molecule has 21 heavy (non-hydrogen) atoms. The summed E-state index contributed by atoms with van der Waals surface area (Å²) in [4.78, 5) is 15.9. The summed E-state index contributed by atoms with van der Waals surface area (Å²) >= 11 is 5.94. The number of aromatic nitrogens is 2. The van der Waals surface area contributed by atoms with Crippen LogP contribution >= 0.6 is 11.6 Å². The molecule has 1 heterocycles. The zero-order valence-corrected chi connectivity index (χ0v) is 12.1. The molecule has 3 rings (SSSR count). The average molecular weight is 307 g/mol. The van der Waals surface area contributed by atoms with Crippen LogP contribution in [0.2, 0.25) is 5.02 Å². The molecule has 2 aromatic rings. The van der Waals surface area contributed by atoms with Gasteiger partial charge in [0.2, 0.25) is 11.7 Å². The van der Waals surface area contributed by atoms with Gasteiger partial charge < -0.3 is 9.63 Å². The molecule has 1 aliphatic rings. The van der Waals surface area contributed by atoms with Crippen LogP contribution < -0.4 is 0 Å². The molecule has 1 aliphatic carbocycles. The highest BCUT2D eigenvalue weighted by atomic mass is 35.5. The molecule has 1 N–H and O–H groups in total. The van der Waals surface area contributed by atoms with E-state index in [0.717, 1.165) is 18.4 Å². The fourth-order valence-electron chi connectivity index (χ4n) is 2.88. The van der Waals surface area contributed by atoms with E-state index in [-0.39, 0.29) is 6.42 Å². The van der Waals surface area contributed by atoms with Crippen molar-refractivity contribution in [2.45, 2.75) is 32.1 Å². The average Bonchev–Trinajstić information content (AvgIpc) is 3.09. The Morgan fingerprint density at radius 1 is 1.38 bits per heavy atom. The highest BCUT2D eigenvalue weighted by molar-refractivity contribution is 6.30. The van der Waals surface area contributed by atoms with Gasteiger partial charge in [-0.25, -0.2) is 0 Å². The lowest BCUT2D eigenvalue weighted by molar-refractivity contribution is -0.148. The van der Waals surface area contributed by atoms with Crippen LogP contribution in [-0.4, -0.2) is 21.2 Å². The van der Waals surface area contributed by atoms with E-state index in [1.165, 1.54) is 0 Å². The lowest BCUT2D eigenvalue weighted by Gasteiger charge is -2.21. The maximum Gasteiger partial charge on any atom is 0.310 e. The van der Waals surface area contributed by atoms with Gasteiger partial charge in [0.1, 0.15) is 0 Å². The van der Waals surface area contributed by atoms with Crippen molar-refractivity contribution in [3.05, 3.63) is 35.2 Å². The number of benzene rings is 1. The van der Waals surface area contributed by atoms with Crippen molar-refractivity contribution in [2.24, 2.45) is 5.41 Å². The van der Waals surface area contributed by atoms with Crippen molar-refractivity contribution >= 4 is 17.6 Å². The Balaban J connectivity index is 1.83. The first-order valence-electron chi connectivity index (χ1n) is 6.91. The molecule has 1 aromatic heterocycles. The molecule has 6 heteroatoms. The maximum atomic E-state index is 11.5. The summed E-state index contributed by atoms with van der Waals surface area (Å²) in [5, 5.41) is 14.0. The van der Waals surface area contributed by atoms with Gasteiger partial charge in [-0.3, -0.25) is 4.79 Å². The Morgan fingerprint density at radius 3 is 2.81 bits per heavy atom. The minimum Gasteiger partial charge on any atom is -0.481 e. The topological polar surface area (TPSA) is 76.2 Å². The zero-order chi connectivity index (χ0) is 14.9. The Bertz CT molecular complexity index is 662. The molecule has 1 saturated carbocycles. The molecule has 0 bridgehead atoms.